The predicted octanol–water partition coefficient (Wildman–Crippen LogP) is 4.41. The highest BCUT2D eigenvalue weighted by molar-refractivity contribution is 7.90. The summed E-state index contributed by atoms with van der Waals surface area (Å²) in [6.45, 7) is 0. The lowest BCUT2D eigenvalue weighted by atomic mass is 10.1. The lowest BCUT2D eigenvalue weighted by molar-refractivity contribution is 0.138. The second-order valence-corrected chi connectivity index (χ2v) is 9.06. The highest BCUT2D eigenvalue weighted by Crippen LogP contribution is 2.43. The Morgan fingerprint density at radius 3 is 2.48 bits per heavy atom. The van der Waals surface area contributed by atoms with Gasteiger partial charge in [-0.05, 0) is 54.3 Å². The first-order valence-corrected chi connectivity index (χ1v) is 10.7. The minimum atomic E-state index is -4.36. The van der Waals surface area contributed by atoms with Gasteiger partial charge in [0.2, 0.25) is 0 Å². The standard InChI is InChI=1S/C21H17F3N2O4S/c1-25(21(27)28)19-8-7-15-17(19)11-26(20(15)16-6-5-13(23)10-18(16)24)31(29,30)14-4-2-3-12(22)9-14/h2-6,9-11,19H,7-8H2,1H3,(H,27,28). The first-order chi connectivity index (χ1) is 14.6. The minimum Gasteiger partial charge on any atom is -0.465 e. The normalized spacial score (nSPS) is 15.7. The van der Waals surface area contributed by atoms with Gasteiger partial charge in [-0.2, -0.15) is 0 Å². The summed E-state index contributed by atoms with van der Waals surface area (Å²) in [5.74, 6) is -2.56. The van der Waals surface area contributed by atoms with Gasteiger partial charge in [0.15, 0.2) is 0 Å². The average molecular weight is 450 g/mol. The van der Waals surface area contributed by atoms with Gasteiger partial charge in [0, 0.05) is 24.9 Å². The number of hydrogen-bond acceptors (Lipinski definition) is 3. The maximum Gasteiger partial charge on any atom is 0.407 e. The van der Waals surface area contributed by atoms with E-state index in [1.165, 1.54) is 25.4 Å². The molecule has 10 heteroatoms. The number of fused-ring (bicyclic) bond motifs is 1. The van der Waals surface area contributed by atoms with Gasteiger partial charge in [0.25, 0.3) is 10.0 Å². The number of nitrogens with zero attached hydrogens (tertiary/aromatic N) is 2. The molecule has 2 aromatic carbocycles. The lowest BCUT2D eigenvalue weighted by Crippen LogP contribution is -2.28. The average Bonchev–Trinajstić information content (AvgIpc) is 3.27. The molecule has 162 valence electrons. The van der Waals surface area contributed by atoms with Crippen LogP contribution in [0.5, 0.6) is 0 Å². The Balaban J connectivity index is 1.99. The molecule has 0 radical (unpaired) electrons. The fraction of sp³-hybridized carbons (Fsp3) is 0.190. The van der Waals surface area contributed by atoms with Crippen molar-refractivity contribution in [2.24, 2.45) is 0 Å². The van der Waals surface area contributed by atoms with Gasteiger partial charge in [-0.25, -0.2) is 30.4 Å². The fourth-order valence-electron chi connectivity index (χ4n) is 3.95. The summed E-state index contributed by atoms with van der Waals surface area (Å²) in [5, 5.41) is 9.36. The Hall–Kier alpha value is -3.27. The molecule has 31 heavy (non-hydrogen) atoms. The van der Waals surface area contributed by atoms with E-state index in [0.717, 1.165) is 33.1 Å². The van der Waals surface area contributed by atoms with E-state index in [1.807, 2.05) is 0 Å². The Morgan fingerprint density at radius 1 is 1.13 bits per heavy atom. The number of rotatable bonds is 4. The van der Waals surface area contributed by atoms with Gasteiger partial charge in [-0.3, -0.25) is 0 Å². The molecular weight excluding hydrogens is 433 g/mol. The Morgan fingerprint density at radius 2 is 1.84 bits per heavy atom. The third kappa shape index (κ3) is 3.46. The summed E-state index contributed by atoms with van der Waals surface area (Å²) in [6.07, 6.45) is 0.706. The second kappa shape index (κ2) is 7.45. The molecule has 6 nitrogen and oxygen atoms in total. The largest absolute Gasteiger partial charge is 0.465 e. The molecule has 1 atom stereocenters. The highest BCUT2D eigenvalue weighted by atomic mass is 32.2. The summed E-state index contributed by atoms with van der Waals surface area (Å²) in [5.41, 5.74) is 0.673. The van der Waals surface area contributed by atoms with E-state index >= 15 is 0 Å². The monoisotopic (exact) mass is 450 g/mol. The quantitative estimate of drug-likeness (QED) is 0.639. The number of aromatic nitrogens is 1. The van der Waals surface area contributed by atoms with Gasteiger partial charge in [0.1, 0.15) is 17.5 Å². The van der Waals surface area contributed by atoms with Crippen molar-refractivity contribution in [3.05, 3.63) is 77.2 Å². The van der Waals surface area contributed by atoms with Crippen LogP contribution in [0.1, 0.15) is 23.6 Å². The number of amides is 1. The van der Waals surface area contributed by atoms with Crippen LogP contribution in [-0.4, -0.2) is 35.5 Å². The zero-order valence-electron chi connectivity index (χ0n) is 16.2. The van der Waals surface area contributed by atoms with Crippen molar-refractivity contribution >= 4 is 16.1 Å². The molecule has 1 aromatic heterocycles. The Kier molecular flexibility index (Phi) is 5.04. The molecule has 1 unspecified atom stereocenters. The molecule has 0 saturated carbocycles. The predicted molar refractivity (Wildman–Crippen MR) is 106 cm³/mol. The molecule has 0 aliphatic heterocycles. The lowest BCUT2D eigenvalue weighted by Gasteiger charge is -2.21. The van der Waals surface area contributed by atoms with Gasteiger partial charge in [-0.15, -0.1) is 0 Å². The molecule has 0 fully saturated rings. The highest BCUT2D eigenvalue weighted by Gasteiger charge is 2.36. The number of benzene rings is 2. The smallest absolute Gasteiger partial charge is 0.407 e. The molecule has 1 aliphatic rings. The van der Waals surface area contributed by atoms with E-state index in [0.29, 0.717) is 23.6 Å². The van der Waals surface area contributed by atoms with Crippen LogP contribution >= 0.6 is 0 Å². The van der Waals surface area contributed by atoms with Gasteiger partial charge < -0.3 is 10.0 Å². The minimum absolute atomic E-state index is 0.0296. The zero-order valence-corrected chi connectivity index (χ0v) is 17.0. The van der Waals surface area contributed by atoms with Crippen molar-refractivity contribution in [3.63, 3.8) is 0 Å². The van der Waals surface area contributed by atoms with Crippen LogP contribution in [0, 0.1) is 17.5 Å². The summed E-state index contributed by atoms with van der Waals surface area (Å²) >= 11 is 0. The van der Waals surface area contributed by atoms with Gasteiger partial charge in [0.05, 0.1) is 16.6 Å². The summed E-state index contributed by atoms with van der Waals surface area (Å²) in [7, 11) is -3.00. The fourth-order valence-corrected chi connectivity index (χ4v) is 5.39. The van der Waals surface area contributed by atoms with E-state index in [-0.39, 0.29) is 22.6 Å². The van der Waals surface area contributed by atoms with Crippen LogP contribution in [0.2, 0.25) is 0 Å². The Bertz CT molecular complexity index is 1300. The molecule has 3 aromatic rings. The molecule has 0 saturated heterocycles. The van der Waals surface area contributed by atoms with Crippen molar-refractivity contribution in [1.82, 2.24) is 8.87 Å². The molecular formula is C21H17F3N2O4S. The zero-order chi connectivity index (χ0) is 22.5. The molecule has 1 heterocycles. The summed E-state index contributed by atoms with van der Waals surface area (Å²) in [4.78, 5) is 12.2. The van der Waals surface area contributed by atoms with Gasteiger partial charge in [-0.1, -0.05) is 6.07 Å². The van der Waals surface area contributed by atoms with Crippen LogP contribution in [0.3, 0.4) is 0 Å². The second-order valence-electron chi connectivity index (χ2n) is 7.24. The number of carbonyl (C=O) groups is 1. The number of halogens is 3. The van der Waals surface area contributed by atoms with E-state index in [1.54, 1.807) is 0 Å². The SMILES string of the molecule is CN(C(=O)O)C1CCc2c1cn(S(=O)(=O)c1cccc(F)c1)c2-c1ccc(F)cc1F. The van der Waals surface area contributed by atoms with Crippen molar-refractivity contribution < 1.29 is 31.5 Å². The number of carboxylic acid groups (broad SMARTS) is 1. The topological polar surface area (TPSA) is 79.6 Å². The van der Waals surface area contributed by atoms with Gasteiger partial charge >= 0.3 is 6.09 Å². The van der Waals surface area contributed by atoms with Crippen LogP contribution in [0.15, 0.2) is 53.6 Å². The molecule has 0 spiro atoms. The van der Waals surface area contributed by atoms with Crippen molar-refractivity contribution in [2.75, 3.05) is 7.05 Å². The van der Waals surface area contributed by atoms with Crippen molar-refractivity contribution in [2.45, 2.75) is 23.8 Å². The summed E-state index contributed by atoms with van der Waals surface area (Å²) < 4.78 is 69.4. The maximum atomic E-state index is 14.7. The van der Waals surface area contributed by atoms with Crippen LogP contribution in [0.25, 0.3) is 11.3 Å². The first-order valence-electron chi connectivity index (χ1n) is 9.27. The Labute approximate surface area is 176 Å². The molecule has 0 bridgehead atoms. The first kappa shape index (κ1) is 21.0. The third-order valence-corrected chi connectivity index (χ3v) is 7.10. The van der Waals surface area contributed by atoms with Crippen LogP contribution < -0.4 is 0 Å². The summed E-state index contributed by atoms with van der Waals surface area (Å²) in [6, 6.07) is 6.51. The van der Waals surface area contributed by atoms with E-state index < -0.39 is 39.6 Å². The van der Waals surface area contributed by atoms with Crippen LogP contribution in [0.4, 0.5) is 18.0 Å². The molecule has 4 rings (SSSR count). The third-order valence-electron chi connectivity index (χ3n) is 5.45. The molecule has 1 N–H and O–H groups in total. The molecule has 1 aliphatic carbocycles. The van der Waals surface area contributed by atoms with E-state index in [4.69, 9.17) is 0 Å². The molecule has 1 amide bonds. The van der Waals surface area contributed by atoms with E-state index in [2.05, 4.69) is 0 Å². The van der Waals surface area contributed by atoms with Crippen molar-refractivity contribution in [1.29, 1.82) is 0 Å². The van der Waals surface area contributed by atoms with E-state index in [9.17, 15) is 31.5 Å². The maximum absolute atomic E-state index is 14.7. The number of hydrogen-bond donors (Lipinski definition) is 1. The van der Waals surface area contributed by atoms with Crippen molar-refractivity contribution in [3.8, 4) is 11.3 Å². The van der Waals surface area contributed by atoms with Crippen LogP contribution in [-0.2, 0) is 16.4 Å².